The Morgan fingerprint density at radius 1 is 1.50 bits per heavy atom. The molecule has 0 bridgehead atoms. The van der Waals surface area contributed by atoms with Gasteiger partial charge in [-0.2, -0.15) is 0 Å². The Hall–Kier alpha value is -0.800. The normalized spacial score (nSPS) is 19.6. The molecular formula is C12H17ClFNO. The third-order valence-electron chi connectivity index (χ3n) is 2.49. The van der Waals surface area contributed by atoms with Crippen molar-refractivity contribution in [3.8, 4) is 0 Å². The van der Waals surface area contributed by atoms with Gasteiger partial charge in [0.2, 0.25) is 0 Å². The molecule has 2 nitrogen and oxygen atoms in total. The molecule has 0 unspecified atom stereocenters. The van der Waals surface area contributed by atoms with Crippen molar-refractivity contribution in [3.05, 3.63) is 35.3 Å². The zero-order chi connectivity index (χ0) is 12.0. The van der Waals surface area contributed by atoms with Crippen LogP contribution in [0.15, 0.2) is 35.3 Å². The highest BCUT2D eigenvalue weighted by atomic mass is 35.5. The second-order valence-corrected chi connectivity index (χ2v) is 4.14. The van der Waals surface area contributed by atoms with Crippen molar-refractivity contribution in [1.29, 1.82) is 0 Å². The Kier molecular flexibility index (Phi) is 5.56. The van der Waals surface area contributed by atoms with E-state index in [2.05, 4.69) is 6.58 Å². The minimum Gasteiger partial charge on any atom is -0.489 e. The van der Waals surface area contributed by atoms with E-state index in [1.165, 1.54) is 25.0 Å². The summed E-state index contributed by atoms with van der Waals surface area (Å²) in [7, 11) is 0. The summed E-state index contributed by atoms with van der Waals surface area (Å²) < 4.78 is 18.6. The lowest BCUT2D eigenvalue weighted by atomic mass is 10.3. The van der Waals surface area contributed by atoms with Gasteiger partial charge in [0.15, 0.2) is 0 Å². The lowest BCUT2D eigenvalue weighted by Crippen LogP contribution is -2.07. The summed E-state index contributed by atoms with van der Waals surface area (Å²) in [5.74, 6) is -0.0449. The molecule has 1 aliphatic rings. The maximum atomic E-state index is 12.9. The molecule has 1 fully saturated rings. The molecule has 0 aliphatic heterocycles. The SMILES string of the molecule is C=C/C(OC1CCCC1)=C(Cl)\C=C(\F)CN. The molecule has 0 heterocycles. The second kappa shape index (κ2) is 6.71. The van der Waals surface area contributed by atoms with Gasteiger partial charge in [-0.1, -0.05) is 18.2 Å². The molecule has 90 valence electrons. The average molecular weight is 246 g/mol. The van der Waals surface area contributed by atoms with Crippen LogP contribution in [0.1, 0.15) is 25.7 Å². The Labute approximate surface area is 101 Å². The van der Waals surface area contributed by atoms with Crippen LogP contribution < -0.4 is 5.73 Å². The molecule has 4 heteroatoms. The zero-order valence-electron chi connectivity index (χ0n) is 9.22. The van der Waals surface area contributed by atoms with Crippen molar-refractivity contribution in [2.24, 2.45) is 5.73 Å². The third-order valence-corrected chi connectivity index (χ3v) is 2.79. The highest BCUT2D eigenvalue weighted by Gasteiger charge is 2.17. The predicted molar refractivity (Wildman–Crippen MR) is 64.7 cm³/mol. The van der Waals surface area contributed by atoms with E-state index in [4.69, 9.17) is 22.1 Å². The highest BCUT2D eigenvalue weighted by molar-refractivity contribution is 6.31. The first-order chi connectivity index (χ1) is 7.67. The van der Waals surface area contributed by atoms with Gasteiger partial charge in [-0.3, -0.25) is 0 Å². The topological polar surface area (TPSA) is 35.2 Å². The van der Waals surface area contributed by atoms with Gasteiger partial charge in [0.25, 0.3) is 0 Å². The van der Waals surface area contributed by atoms with Crippen LogP contribution in [0, 0.1) is 0 Å². The standard InChI is InChI=1S/C12H17ClFNO/c1-2-12(11(13)7-9(14)8-15)16-10-5-3-4-6-10/h2,7,10H,1,3-6,8,15H2/b9-7+,12-11-. The molecule has 1 aliphatic carbocycles. The van der Waals surface area contributed by atoms with Crippen LogP contribution in [0.3, 0.4) is 0 Å². The van der Waals surface area contributed by atoms with Crippen LogP contribution in [-0.2, 0) is 4.74 Å². The largest absolute Gasteiger partial charge is 0.489 e. The molecule has 1 saturated carbocycles. The molecule has 0 aromatic rings. The Balaban J connectivity index is 2.70. The smallest absolute Gasteiger partial charge is 0.137 e. The maximum Gasteiger partial charge on any atom is 0.137 e. The number of hydrogen-bond acceptors (Lipinski definition) is 2. The number of hydrogen-bond donors (Lipinski definition) is 1. The van der Waals surface area contributed by atoms with Crippen LogP contribution in [0.25, 0.3) is 0 Å². The minimum absolute atomic E-state index is 0.163. The fourth-order valence-corrected chi connectivity index (χ4v) is 1.90. The van der Waals surface area contributed by atoms with Gasteiger partial charge >= 0.3 is 0 Å². The lowest BCUT2D eigenvalue weighted by Gasteiger charge is -2.14. The molecular weight excluding hydrogens is 229 g/mol. The quantitative estimate of drug-likeness (QED) is 0.595. The highest BCUT2D eigenvalue weighted by Crippen LogP contribution is 2.26. The fourth-order valence-electron chi connectivity index (χ4n) is 1.66. The molecule has 0 saturated heterocycles. The van der Waals surface area contributed by atoms with Crippen LogP contribution in [-0.4, -0.2) is 12.6 Å². The van der Waals surface area contributed by atoms with E-state index in [-0.39, 0.29) is 17.7 Å². The molecule has 2 N–H and O–H groups in total. The van der Waals surface area contributed by atoms with E-state index in [0.29, 0.717) is 5.76 Å². The first-order valence-electron chi connectivity index (χ1n) is 5.42. The third kappa shape index (κ3) is 3.99. The molecule has 0 radical (unpaired) electrons. The van der Waals surface area contributed by atoms with Crippen LogP contribution in [0.2, 0.25) is 0 Å². The van der Waals surface area contributed by atoms with Gasteiger partial charge in [-0.15, -0.1) is 0 Å². The van der Waals surface area contributed by atoms with E-state index in [9.17, 15) is 4.39 Å². The molecule has 1 rings (SSSR count). The number of ether oxygens (including phenoxy) is 1. The van der Waals surface area contributed by atoms with E-state index < -0.39 is 5.83 Å². The first kappa shape index (κ1) is 13.3. The van der Waals surface area contributed by atoms with Gasteiger partial charge in [0.1, 0.15) is 11.6 Å². The fraction of sp³-hybridized carbons (Fsp3) is 0.500. The van der Waals surface area contributed by atoms with Crippen molar-refractivity contribution in [2.45, 2.75) is 31.8 Å². The summed E-state index contributed by atoms with van der Waals surface area (Å²) in [6, 6.07) is 0. The summed E-state index contributed by atoms with van der Waals surface area (Å²) in [6.45, 7) is 3.44. The van der Waals surface area contributed by atoms with Gasteiger partial charge in [0, 0.05) is 6.54 Å². The predicted octanol–water partition coefficient (Wildman–Crippen LogP) is 3.39. The number of nitrogens with two attached hydrogens (primary N) is 1. The lowest BCUT2D eigenvalue weighted by molar-refractivity contribution is 0.131. The maximum absolute atomic E-state index is 12.9. The van der Waals surface area contributed by atoms with Crippen LogP contribution in [0.5, 0.6) is 0 Å². The van der Waals surface area contributed by atoms with E-state index in [1.54, 1.807) is 0 Å². The Morgan fingerprint density at radius 2 is 2.12 bits per heavy atom. The summed E-state index contributed by atoms with van der Waals surface area (Å²) >= 11 is 5.91. The van der Waals surface area contributed by atoms with Crippen molar-refractivity contribution < 1.29 is 9.13 Å². The molecule has 0 atom stereocenters. The molecule has 16 heavy (non-hydrogen) atoms. The van der Waals surface area contributed by atoms with Gasteiger partial charge in [-0.25, -0.2) is 4.39 Å². The van der Waals surface area contributed by atoms with Gasteiger partial charge in [-0.05, 0) is 37.8 Å². The minimum atomic E-state index is -0.473. The van der Waals surface area contributed by atoms with E-state index >= 15 is 0 Å². The van der Waals surface area contributed by atoms with Crippen molar-refractivity contribution in [3.63, 3.8) is 0 Å². The number of allylic oxidation sites excluding steroid dienone is 3. The number of halogens is 2. The van der Waals surface area contributed by atoms with Crippen LogP contribution >= 0.6 is 11.6 Å². The van der Waals surface area contributed by atoms with E-state index in [1.807, 2.05) is 0 Å². The molecule has 0 spiro atoms. The average Bonchev–Trinajstić information content (AvgIpc) is 2.78. The Bertz CT molecular complexity index is 306. The summed E-state index contributed by atoms with van der Waals surface area (Å²) in [5.41, 5.74) is 5.13. The first-order valence-corrected chi connectivity index (χ1v) is 5.80. The van der Waals surface area contributed by atoms with Gasteiger partial charge < -0.3 is 10.5 Å². The number of rotatable bonds is 5. The summed E-state index contributed by atoms with van der Waals surface area (Å²) in [4.78, 5) is 0. The second-order valence-electron chi connectivity index (χ2n) is 3.74. The summed E-state index contributed by atoms with van der Waals surface area (Å²) in [6.07, 6.45) is 7.22. The summed E-state index contributed by atoms with van der Waals surface area (Å²) in [5, 5.41) is 0.213. The molecule has 0 aromatic carbocycles. The monoisotopic (exact) mass is 245 g/mol. The Morgan fingerprint density at radius 3 is 2.62 bits per heavy atom. The zero-order valence-corrected chi connectivity index (χ0v) is 9.97. The van der Waals surface area contributed by atoms with Gasteiger partial charge in [0.05, 0.1) is 11.1 Å². The van der Waals surface area contributed by atoms with Crippen LogP contribution in [0.4, 0.5) is 4.39 Å². The van der Waals surface area contributed by atoms with Crippen molar-refractivity contribution in [1.82, 2.24) is 0 Å². The van der Waals surface area contributed by atoms with E-state index in [0.717, 1.165) is 12.8 Å². The molecule has 0 amide bonds. The van der Waals surface area contributed by atoms with Crippen molar-refractivity contribution >= 4 is 11.6 Å². The van der Waals surface area contributed by atoms with Crippen molar-refractivity contribution in [2.75, 3.05) is 6.54 Å². The molecule has 0 aromatic heterocycles.